The largest absolute Gasteiger partial charge is 0.481 e. The zero-order valence-electron chi connectivity index (χ0n) is 10.7. The number of benzene rings is 1. The van der Waals surface area contributed by atoms with E-state index in [9.17, 15) is 18.4 Å². The van der Waals surface area contributed by atoms with Gasteiger partial charge in [0.1, 0.15) is 11.6 Å². The lowest BCUT2D eigenvalue weighted by Gasteiger charge is -2.25. The van der Waals surface area contributed by atoms with Crippen LogP contribution in [-0.2, 0) is 9.59 Å². The van der Waals surface area contributed by atoms with Gasteiger partial charge >= 0.3 is 5.97 Å². The van der Waals surface area contributed by atoms with Gasteiger partial charge in [-0.2, -0.15) is 0 Å². The third-order valence-electron chi connectivity index (χ3n) is 2.94. The number of carbonyl (C=O) groups excluding carboxylic acids is 1. The summed E-state index contributed by atoms with van der Waals surface area (Å²) in [6.45, 7) is 1.55. The Bertz CT molecular complexity index is 491. The smallest absolute Gasteiger partial charge is 0.303 e. The van der Waals surface area contributed by atoms with Crippen LogP contribution in [0.25, 0.3) is 0 Å². The number of carboxylic acids is 1. The molecule has 1 aromatic rings. The van der Waals surface area contributed by atoms with Gasteiger partial charge < -0.3 is 10.0 Å². The minimum atomic E-state index is -1.08. The SMILES string of the molecule is CC(c1cc(F)ccc1F)N(C)C(=O)CCC(=O)O. The van der Waals surface area contributed by atoms with Crippen molar-refractivity contribution in [3.8, 4) is 0 Å². The van der Waals surface area contributed by atoms with Crippen LogP contribution in [0.5, 0.6) is 0 Å². The van der Waals surface area contributed by atoms with Crippen LogP contribution in [0.15, 0.2) is 18.2 Å². The summed E-state index contributed by atoms with van der Waals surface area (Å²) in [7, 11) is 1.43. The molecule has 0 bridgehead atoms. The Morgan fingerprint density at radius 3 is 2.53 bits per heavy atom. The maximum absolute atomic E-state index is 13.6. The predicted octanol–water partition coefficient (Wildman–Crippen LogP) is 2.35. The molecule has 1 N–H and O–H groups in total. The van der Waals surface area contributed by atoms with Crippen molar-refractivity contribution in [3.05, 3.63) is 35.4 Å². The highest BCUT2D eigenvalue weighted by Gasteiger charge is 2.21. The monoisotopic (exact) mass is 271 g/mol. The first kappa shape index (κ1) is 15.1. The van der Waals surface area contributed by atoms with Gasteiger partial charge in [-0.25, -0.2) is 8.78 Å². The van der Waals surface area contributed by atoms with Crippen molar-refractivity contribution in [3.63, 3.8) is 0 Å². The van der Waals surface area contributed by atoms with E-state index in [0.29, 0.717) is 0 Å². The van der Waals surface area contributed by atoms with Crippen LogP contribution in [0.3, 0.4) is 0 Å². The summed E-state index contributed by atoms with van der Waals surface area (Å²) >= 11 is 0. The molecule has 1 atom stereocenters. The lowest BCUT2D eigenvalue weighted by molar-refractivity contribution is -0.141. The summed E-state index contributed by atoms with van der Waals surface area (Å²) < 4.78 is 26.6. The van der Waals surface area contributed by atoms with E-state index in [1.54, 1.807) is 6.92 Å². The fourth-order valence-corrected chi connectivity index (χ4v) is 1.65. The maximum atomic E-state index is 13.6. The highest BCUT2D eigenvalue weighted by Crippen LogP contribution is 2.23. The van der Waals surface area contributed by atoms with Crippen LogP contribution < -0.4 is 0 Å². The molecule has 0 aliphatic heterocycles. The molecule has 0 saturated carbocycles. The normalized spacial score (nSPS) is 12.0. The number of aliphatic carboxylic acids is 1. The number of hydrogen-bond acceptors (Lipinski definition) is 2. The molecule has 1 unspecified atom stereocenters. The maximum Gasteiger partial charge on any atom is 0.303 e. The van der Waals surface area contributed by atoms with E-state index in [4.69, 9.17) is 5.11 Å². The second-order valence-electron chi connectivity index (χ2n) is 4.24. The number of amides is 1. The molecule has 0 radical (unpaired) electrons. The van der Waals surface area contributed by atoms with Crippen LogP contribution >= 0.6 is 0 Å². The lowest BCUT2D eigenvalue weighted by atomic mass is 10.1. The van der Waals surface area contributed by atoms with Gasteiger partial charge in [-0.3, -0.25) is 9.59 Å². The van der Waals surface area contributed by atoms with Gasteiger partial charge in [0.15, 0.2) is 0 Å². The second kappa shape index (κ2) is 6.26. The topological polar surface area (TPSA) is 57.6 Å². The molecule has 4 nitrogen and oxygen atoms in total. The van der Waals surface area contributed by atoms with E-state index in [1.165, 1.54) is 11.9 Å². The highest BCUT2D eigenvalue weighted by molar-refractivity contribution is 5.80. The Morgan fingerprint density at radius 1 is 1.32 bits per heavy atom. The molecular formula is C13H15F2NO3. The van der Waals surface area contributed by atoms with Crippen LogP contribution in [0.4, 0.5) is 8.78 Å². The van der Waals surface area contributed by atoms with Gasteiger partial charge in [0, 0.05) is 19.0 Å². The molecule has 0 spiro atoms. The minimum Gasteiger partial charge on any atom is -0.481 e. The number of halogens is 2. The van der Waals surface area contributed by atoms with E-state index in [0.717, 1.165) is 18.2 Å². The Morgan fingerprint density at radius 2 is 1.95 bits per heavy atom. The minimum absolute atomic E-state index is 0.0613. The molecular weight excluding hydrogens is 256 g/mol. The van der Waals surface area contributed by atoms with Crippen LogP contribution in [0.2, 0.25) is 0 Å². The van der Waals surface area contributed by atoms with Gasteiger partial charge in [-0.15, -0.1) is 0 Å². The van der Waals surface area contributed by atoms with Gasteiger partial charge in [0.25, 0.3) is 0 Å². The Hall–Kier alpha value is -1.98. The summed E-state index contributed by atoms with van der Waals surface area (Å²) in [4.78, 5) is 23.3. The quantitative estimate of drug-likeness (QED) is 0.894. The van der Waals surface area contributed by atoms with E-state index >= 15 is 0 Å². The van der Waals surface area contributed by atoms with Gasteiger partial charge in [-0.05, 0) is 25.1 Å². The summed E-state index contributed by atoms with van der Waals surface area (Å²) in [5.74, 6) is -2.70. The van der Waals surface area contributed by atoms with Crippen LogP contribution in [0, 0.1) is 11.6 Å². The predicted molar refractivity (Wildman–Crippen MR) is 64.4 cm³/mol. The van der Waals surface area contributed by atoms with Crippen molar-refractivity contribution in [2.45, 2.75) is 25.8 Å². The average molecular weight is 271 g/mol. The van der Waals surface area contributed by atoms with E-state index < -0.39 is 29.6 Å². The number of nitrogens with zero attached hydrogens (tertiary/aromatic N) is 1. The molecule has 1 aromatic carbocycles. The van der Waals surface area contributed by atoms with E-state index in [1.807, 2.05) is 0 Å². The molecule has 0 saturated heterocycles. The molecule has 0 heterocycles. The number of rotatable bonds is 5. The third kappa shape index (κ3) is 4.01. The zero-order chi connectivity index (χ0) is 14.6. The summed E-state index contributed by atoms with van der Waals surface area (Å²) in [6, 6.07) is 2.35. The molecule has 0 aliphatic carbocycles. The second-order valence-corrected chi connectivity index (χ2v) is 4.24. The van der Waals surface area contributed by atoms with Crippen molar-refractivity contribution in [1.82, 2.24) is 4.90 Å². The average Bonchev–Trinajstić information content (AvgIpc) is 2.37. The Labute approximate surface area is 109 Å². The van der Waals surface area contributed by atoms with Crippen LogP contribution in [0.1, 0.15) is 31.4 Å². The van der Waals surface area contributed by atoms with Crippen molar-refractivity contribution in [1.29, 1.82) is 0 Å². The lowest BCUT2D eigenvalue weighted by Crippen LogP contribution is -2.30. The van der Waals surface area contributed by atoms with E-state index in [-0.39, 0.29) is 18.4 Å². The number of carbonyl (C=O) groups is 2. The van der Waals surface area contributed by atoms with E-state index in [2.05, 4.69) is 0 Å². The zero-order valence-corrected chi connectivity index (χ0v) is 10.7. The fraction of sp³-hybridized carbons (Fsp3) is 0.385. The fourth-order valence-electron chi connectivity index (χ4n) is 1.65. The summed E-state index contributed by atoms with van der Waals surface area (Å²) in [6.07, 6.45) is -0.464. The molecule has 0 aliphatic rings. The molecule has 0 aromatic heterocycles. The standard InChI is InChI=1S/C13H15F2NO3/c1-8(10-7-9(14)3-4-11(10)15)16(2)12(17)5-6-13(18)19/h3-4,7-8H,5-6H2,1-2H3,(H,18,19). The first-order valence-corrected chi connectivity index (χ1v) is 5.75. The molecule has 6 heteroatoms. The number of carboxylic acid groups (broad SMARTS) is 1. The van der Waals surface area contributed by atoms with Gasteiger partial charge in [0.05, 0.1) is 12.5 Å². The first-order chi connectivity index (χ1) is 8.82. The first-order valence-electron chi connectivity index (χ1n) is 5.75. The molecule has 19 heavy (non-hydrogen) atoms. The van der Waals surface area contributed by atoms with Crippen molar-refractivity contribution >= 4 is 11.9 Å². The van der Waals surface area contributed by atoms with Crippen molar-refractivity contribution in [2.24, 2.45) is 0 Å². The summed E-state index contributed by atoms with van der Waals surface area (Å²) in [5, 5.41) is 8.50. The highest BCUT2D eigenvalue weighted by atomic mass is 19.1. The number of hydrogen-bond donors (Lipinski definition) is 1. The molecule has 0 fully saturated rings. The Kier molecular flexibility index (Phi) is 4.97. The van der Waals surface area contributed by atoms with Gasteiger partial charge in [0.2, 0.25) is 5.91 Å². The molecule has 104 valence electrons. The Balaban J connectivity index is 2.81. The van der Waals surface area contributed by atoms with Crippen LogP contribution in [-0.4, -0.2) is 28.9 Å². The molecule has 1 rings (SSSR count). The molecule has 1 amide bonds. The van der Waals surface area contributed by atoms with Crippen molar-refractivity contribution < 1.29 is 23.5 Å². The summed E-state index contributed by atoms with van der Waals surface area (Å²) in [5.41, 5.74) is 0.0613. The van der Waals surface area contributed by atoms with Gasteiger partial charge in [-0.1, -0.05) is 0 Å². The third-order valence-corrected chi connectivity index (χ3v) is 2.94. The van der Waals surface area contributed by atoms with Crippen molar-refractivity contribution in [2.75, 3.05) is 7.05 Å².